The van der Waals surface area contributed by atoms with Gasteiger partial charge in [0.1, 0.15) is 10.0 Å². The number of rotatable bonds is 3. The van der Waals surface area contributed by atoms with Crippen molar-refractivity contribution < 1.29 is 12.8 Å². The van der Waals surface area contributed by atoms with E-state index in [2.05, 4.69) is 20.7 Å². The molecule has 2 aromatic rings. The highest BCUT2D eigenvalue weighted by atomic mass is 79.9. The molecule has 0 bridgehead atoms. The molecule has 0 aliphatic rings. The van der Waals surface area contributed by atoms with Crippen molar-refractivity contribution in [1.29, 1.82) is 0 Å². The predicted octanol–water partition coefficient (Wildman–Crippen LogP) is 3.45. The first-order valence-corrected chi connectivity index (χ1v) is 7.66. The minimum absolute atomic E-state index is 0.216. The van der Waals surface area contributed by atoms with Gasteiger partial charge < -0.3 is 0 Å². The van der Waals surface area contributed by atoms with Crippen LogP contribution in [0.1, 0.15) is 0 Å². The molecular formula is C10H7BrFNO2S2. The molecule has 0 fully saturated rings. The minimum Gasteiger partial charge on any atom is -0.278 e. The van der Waals surface area contributed by atoms with E-state index in [1.54, 1.807) is 11.4 Å². The first-order valence-electron chi connectivity index (χ1n) is 4.50. The fourth-order valence-electron chi connectivity index (χ4n) is 1.18. The normalized spacial score (nSPS) is 11.4. The van der Waals surface area contributed by atoms with Crippen molar-refractivity contribution in [2.75, 3.05) is 4.72 Å². The molecule has 1 aromatic carbocycles. The van der Waals surface area contributed by atoms with Crippen LogP contribution in [-0.2, 0) is 10.0 Å². The van der Waals surface area contributed by atoms with Gasteiger partial charge >= 0.3 is 0 Å². The summed E-state index contributed by atoms with van der Waals surface area (Å²) in [7, 11) is -3.59. The van der Waals surface area contributed by atoms with Crippen molar-refractivity contribution in [2.45, 2.75) is 4.21 Å². The summed E-state index contributed by atoms with van der Waals surface area (Å²) in [6.07, 6.45) is 0. The highest BCUT2D eigenvalue weighted by molar-refractivity contribution is 9.10. The summed E-state index contributed by atoms with van der Waals surface area (Å²) in [5, 5.41) is 1.67. The van der Waals surface area contributed by atoms with Gasteiger partial charge in [0.15, 0.2) is 0 Å². The second-order valence-electron chi connectivity index (χ2n) is 3.16. The number of nitrogens with one attached hydrogen (secondary N) is 1. The van der Waals surface area contributed by atoms with E-state index in [-0.39, 0.29) is 4.21 Å². The molecule has 7 heteroatoms. The number of benzene rings is 1. The van der Waals surface area contributed by atoms with E-state index in [4.69, 9.17) is 0 Å². The molecule has 0 amide bonds. The van der Waals surface area contributed by atoms with Crippen LogP contribution in [0.2, 0.25) is 0 Å². The van der Waals surface area contributed by atoms with Crippen molar-refractivity contribution in [3.05, 3.63) is 46.0 Å². The Morgan fingerprint density at radius 1 is 1.29 bits per heavy atom. The maximum Gasteiger partial charge on any atom is 0.271 e. The number of hydrogen-bond acceptors (Lipinski definition) is 3. The van der Waals surface area contributed by atoms with Crippen LogP contribution in [-0.4, -0.2) is 8.42 Å². The molecule has 17 heavy (non-hydrogen) atoms. The van der Waals surface area contributed by atoms with E-state index in [0.717, 1.165) is 11.3 Å². The van der Waals surface area contributed by atoms with E-state index in [0.29, 0.717) is 10.2 Å². The highest BCUT2D eigenvalue weighted by Gasteiger charge is 2.16. The van der Waals surface area contributed by atoms with Crippen LogP contribution in [0.25, 0.3) is 0 Å². The Morgan fingerprint density at radius 2 is 2.06 bits per heavy atom. The van der Waals surface area contributed by atoms with Crippen molar-refractivity contribution in [3.63, 3.8) is 0 Å². The molecule has 0 unspecified atom stereocenters. The van der Waals surface area contributed by atoms with Crippen LogP contribution in [0.3, 0.4) is 0 Å². The van der Waals surface area contributed by atoms with Gasteiger partial charge in [-0.05, 0) is 45.6 Å². The SMILES string of the molecule is O=S(=O)(Nc1ccc(F)cc1Br)c1cccs1. The highest BCUT2D eigenvalue weighted by Crippen LogP contribution is 2.26. The number of halogens is 2. The molecule has 2 rings (SSSR count). The quantitative estimate of drug-likeness (QED) is 0.933. The topological polar surface area (TPSA) is 46.2 Å². The van der Waals surface area contributed by atoms with Crippen LogP contribution >= 0.6 is 27.3 Å². The molecule has 0 saturated heterocycles. The summed E-state index contributed by atoms with van der Waals surface area (Å²) in [5.41, 5.74) is 0.305. The van der Waals surface area contributed by atoms with Crippen molar-refractivity contribution in [1.82, 2.24) is 0 Å². The Morgan fingerprint density at radius 3 is 2.65 bits per heavy atom. The van der Waals surface area contributed by atoms with Gasteiger partial charge in [-0.1, -0.05) is 6.07 Å². The average Bonchev–Trinajstić information content (AvgIpc) is 2.76. The molecule has 0 atom stereocenters. The zero-order valence-corrected chi connectivity index (χ0v) is 11.6. The van der Waals surface area contributed by atoms with E-state index < -0.39 is 15.8 Å². The summed E-state index contributed by atoms with van der Waals surface area (Å²) in [5.74, 6) is -0.434. The third-order valence-corrected chi connectivity index (χ3v) is 5.35. The van der Waals surface area contributed by atoms with E-state index >= 15 is 0 Å². The molecule has 0 saturated carbocycles. The first kappa shape index (κ1) is 12.5. The molecule has 0 aliphatic carbocycles. The molecular weight excluding hydrogens is 329 g/mol. The van der Waals surface area contributed by atoms with Gasteiger partial charge in [0.25, 0.3) is 10.0 Å². The van der Waals surface area contributed by atoms with Gasteiger partial charge in [-0.25, -0.2) is 12.8 Å². The lowest BCUT2D eigenvalue weighted by atomic mass is 10.3. The Bertz CT molecular complexity index is 626. The summed E-state index contributed by atoms with van der Waals surface area (Å²) in [4.78, 5) is 0. The van der Waals surface area contributed by atoms with Gasteiger partial charge in [-0.3, -0.25) is 4.72 Å². The Hall–Kier alpha value is -0.920. The molecule has 1 aromatic heterocycles. The lowest BCUT2D eigenvalue weighted by Gasteiger charge is -2.07. The molecule has 90 valence electrons. The Kier molecular flexibility index (Phi) is 3.50. The zero-order chi connectivity index (χ0) is 12.5. The van der Waals surface area contributed by atoms with Gasteiger partial charge in [-0.15, -0.1) is 11.3 Å². The number of anilines is 1. The number of thiophene rings is 1. The maximum absolute atomic E-state index is 12.8. The van der Waals surface area contributed by atoms with Crippen molar-refractivity contribution in [2.24, 2.45) is 0 Å². The lowest BCUT2D eigenvalue weighted by molar-refractivity contribution is 0.603. The van der Waals surface area contributed by atoms with E-state index in [9.17, 15) is 12.8 Å². The van der Waals surface area contributed by atoms with Gasteiger partial charge in [-0.2, -0.15) is 0 Å². The minimum atomic E-state index is -3.59. The zero-order valence-electron chi connectivity index (χ0n) is 8.35. The summed E-state index contributed by atoms with van der Waals surface area (Å²) >= 11 is 4.22. The average molecular weight is 336 g/mol. The number of sulfonamides is 1. The Balaban J connectivity index is 2.33. The van der Waals surface area contributed by atoms with Crippen molar-refractivity contribution in [3.8, 4) is 0 Å². The molecule has 3 nitrogen and oxygen atoms in total. The number of hydrogen-bond donors (Lipinski definition) is 1. The van der Waals surface area contributed by atoms with Crippen LogP contribution in [0.15, 0.2) is 44.4 Å². The van der Waals surface area contributed by atoms with Crippen LogP contribution in [0, 0.1) is 5.82 Å². The predicted molar refractivity (Wildman–Crippen MR) is 69.2 cm³/mol. The van der Waals surface area contributed by atoms with Crippen LogP contribution in [0.4, 0.5) is 10.1 Å². The fourth-order valence-corrected chi connectivity index (χ4v) is 3.84. The van der Waals surface area contributed by atoms with Crippen LogP contribution < -0.4 is 4.72 Å². The summed E-state index contributed by atoms with van der Waals surface area (Å²) < 4.78 is 39.6. The summed E-state index contributed by atoms with van der Waals surface area (Å²) in [6.45, 7) is 0. The molecule has 0 spiro atoms. The fraction of sp³-hybridized carbons (Fsp3) is 0. The molecule has 1 N–H and O–H groups in total. The van der Waals surface area contributed by atoms with Gasteiger partial charge in [0.2, 0.25) is 0 Å². The van der Waals surface area contributed by atoms with E-state index in [1.165, 1.54) is 24.3 Å². The molecule has 0 aliphatic heterocycles. The third kappa shape index (κ3) is 2.85. The standard InChI is InChI=1S/C10H7BrFNO2S2/c11-8-6-7(12)3-4-9(8)13-17(14,15)10-2-1-5-16-10/h1-6,13H. The molecule has 0 radical (unpaired) electrons. The van der Waals surface area contributed by atoms with Gasteiger partial charge in [0.05, 0.1) is 5.69 Å². The first-order chi connectivity index (χ1) is 7.99. The summed E-state index contributed by atoms with van der Waals surface area (Å²) in [6, 6.07) is 6.91. The third-order valence-electron chi connectivity index (χ3n) is 1.94. The van der Waals surface area contributed by atoms with Gasteiger partial charge in [0, 0.05) is 4.47 Å². The monoisotopic (exact) mass is 335 g/mol. The van der Waals surface area contributed by atoms with Crippen LogP contribution in [0.5, 0.6) is 0 Å². The second-order valence-corrected chi connectivity index (χ2v) is 6.87. The van der Waals surface area contributed by atoms with E-state index in [1.807, 2.05) is 0 Å². The smallest absolute Gasteiger partial charge is 0.271 e. The largest absolute Gasteiger partial charge is 0.278 e. The molecule has 1 heterocycles. The Labute approximate surface area is 110 Å². The lowest BCUT2D eigenvalue weighted by Crippen LogP contribution is -2.11. The maximum atomic E-state index is 12.8. The second kappa shape index (κ2) is 4.75. The van der Waals surface area contributed by atoms with Crippen molar-refractivity contribution >= 4 is 43.0 Å².